The van der Waals surface area contributed by atoms with Crippen LogP contribution in [-0.2, 0) is 16.1 Å². The van der Waals surface area contributed by atoms with Crippen LogP contribution >= 0.6 is 0 Å². The minimum absolute atomic E-state index is 0.0659. The van der Waals surface area contributed by atoms with Crippen LogP contribution in [0.2, 0.25) is 0 Å². The summed E-state index contributed by atoms with van der Waals surface area (Å²) in [6.45, 7) is 5.54. The Morgan fingerprint density at radius 3 is 2.54 bits per heavy atom. The fourth-order valence-corrected chi connectivity index (χ4v) is 6.01. The van der Waals surface area contributed by atoms with Crippen LogP contribution in [-0.4, -0.2) is 77.7 Å². The van der Waals surface area contributed by atoms with E-state index in [1.54, 1.807) is 18.3 Å². The van der Waals surface area contributed by atoms with Gasteiger partial charge < -0.3 is 24.8 Å². The number of aromatic nitrogens is 1. The summed E-state index contributed by atoms with van der Waals surface area (Å²) in [5.41, 5.74) is 3.16. The van der Waals surface area contributed by atoms with Crippen LogP contribution < -0.4 is 10.1 Å². The van der Waals surface area contributed by atoms with E-state index in [-0.39, 0.29) is 17.8 Å². The molecule has 1 aromatic heterocycles. The van der Waals surface area contributed by atoms with Gasteiger partial charge in [0.05, 0.1) is 24.5 Å². The molecule has 1 saturated carbocycles. The maximum absolute atomic E-state index is 13.4. The number of phenols is 1. The molecule has 1 aromatic carbocycles. The van der Waals surface area contributed by atoms with E-state index in [1.165, 1.54) is 0 Å². The molecule has 4 fully saturated rings. The van der Waals surface area contributed by atoms with E-state index in [1.807, 2.05) is 17.0 Å². The first-order valence-corrected chi connectivity index (χ1v) is 13.4. The Kier molecular flexibility index (Phi) is 6.73. The van der Waals surface area contributed by atoms with Gasteiger partial charge in [0.1, 0.15) is 11.9 Å². The van der Waals surface area contributed by atoms with Crippen LogP contribution in [0, 0.1) is 11.8 Å². The predicted octanol–water partition coefficient (Wildman–Crippen LogP) is 2.99. The molecule has 2 unspecified atom stereocenters. The summed E-state index contributed by atoms with van der Waals surface area (Å²) in [6.07, 6.45) is 6.40. The Morgan fingerprint density at radius 2 is 1.86 bits per heavy atom. The molecule has 2 N–H and O–H groups in total. The van der Waals surface area contributed by atoms with Crippen molar-refractivity contribution in [1.82, 2.24) is 14.8 Å². The van der Waals surface area contributed by atoms with Crippen LogP contribution in [0.5, 0.6) is 11.6 Å². The number of nitrogens with zero attached hydrogens (tertiary/aromatic N) is 3. The summed E-state index contributed by atoms with van der Waals surface area (Å²) in [4.78, 5) is 33.1. The highest BCUT2D eigenvalue weighted by atomic mass is 16.5. The van der Waals surface area contributed by atoms with Crippen LogP contribution in [0.25, 0.3) is 0 Å². The van der Waals surface area contributed by atoms with Crippen molar-refractivity contribution in [3.63, 3.8) is 0 Å². The number of carbonyl (C=O) groups excluding carboxylic acids is 2. The molecule has 4 heterocycles. The van der Waals surface area contributed by atoms with Gasteiger partial charge in [0.25, 0.3) is 5.91 Å². The molecule has 2 atom stereocenters. The average Bonchev–Trinajstić information content (AvgIpc) is 3.57. The molecule has 37 heavy (non-hydrogen) atoms. The van der Waals surface area contributed by atoms with Crippen molar-refractivity contribution in [2.24, 2.45) is 11.8 Å². The van der Waals surface area contributed by atoms with Gasteiger partial charge in [-0.2, -0.15) is 0 Å². The first kappa shape index (κ1) is 24.2. The number of aromatic hydroxyl groups is 1. The molecular weight excluding hydrogens is 472 g/mol. The Labute approximate surface area is 216 Å². The van der Waals surface area contributed by atoms with Gasteiger partial charge in [-0.25, -0.2) is 4.98 Å². The zero-order chi connectivity index (χ0) is 25.4. The van der Waals surface area contributed by atoms with Gasteiger partial charge >= 0.3 is 0 Å². The maximum atomic E-state index is 13.4. The summed E-state index contributed by atoms with van der Waals surface area (Å²) in [5, 5.41) is 12.6. The molecule has 6 rings (SSSR count). The van der Waals surface area contributed by atoms with Crippen molar-refractivity contribution in [1.29, 1.82) is 0 Å². The molecule has 1 aliphatic carbocycles. The number of hydrogen-bond donors (Lipinski definition) is 2. The summed E-state index contributed by atoms with van der Waals surface area (Å²) in [7, 11) is 0. The van der Waals surface area contributed by atoms with E-state index >= 15 is 0 Å². The lowest BCUT2D eigenvalue weighted by Crippen LogP contribution is -2.33. The number of hydrogen-bond acceptors (Lipinski definition) is 7. The van der Waals surface area contributed by atoms with Crippen LogP contribution in [0.1, 0.15) is 53.1 Å². The van der Waals surface area contributed by atoms with Gasteiger partial charge in [0, 0.05) is 57.3 Å². The van der Waals surface area contributed by atoms with Gasteiger partial charge in [0.15, 0.2) is 0 Å². The number of fused-ring (bicyclic) bond motifs is 1. The Hall–Kier alpha value is -3.17. The largest absolute Gasteiger partial charge is 0.506 e. The highest BCUT2D eigenvalue weighted by molar-refractivity contribution is 5.94. The van der Waals surface area contributed by atoms with Crippen LogP contribution in [0.4, 0.5) is 5.69 Å². The summed E-state index contributed by atoms with van der Waals surface area (Å²) < 4.78 is 11.7. The number of pyridine rings is 1. The quantitative estimate of drug-likeness (QED) is 0.419. The number of nitrogens with one attached hydrogen (secondary N) is 1. The molecule has 2 aromatic rings. The lowest BCUT2D eigenvalue weighted by Gasteiger charge is -2.24. The summed E-state index contributed by atoms with van der Waals surface area (Å²) in [5.74, 6) is 2.17. The number of rotatable bonds is 8. The third kappa shape index (κ3) is 5.29. The Bertz CT molecular complexity index is 1150. The van der Waals surface area contributed by atoms with E-state index in [0.717, 1.165) is 82.7 Å². The topological polar surface area (TPSA) is 104 Å². The third-order valence-electron chi connectivity index (χ3n) is 8.12. The Morgan fingerprint density at radius 1 is 1.11 bits per heavy atom. The fraction of sp³-hybridized carbons (Fsp3) is 0.536. The predicted molar refractivity (Wildman–Crippen MR) is 137 cm³/mol. The summed E-state index contributed by atoms with van der Waals surface area (Å²) >= 11 is 0. The van der Waals surface area contributed by atoms with Crippen molar-refractivity contribution in [3.05, 3.63) is 47.2 Å². The molecule has 0 radical (unpaired) electrons. The molecule has 3 saturated heterocycles. The van der Waals surface area contributed by atoms with Crippen molar-refractivity contribution in [3.8, 4) is 11.6 Å². The van der Waals surface area contributed by atoms with E-state index in [2.05, 4.69) is 15.2 Å². The first-order chi connectivity index (χ1) is 18.1. The van der Waals surface area contributed by atoms with Crippen molar-refractivity contribution >= 4 is 18.0 Å². The standard InChI is InChI=1S/C28H34N4O5/c33-17-30-25-4-1-18(9-26(25)34)12-31-13-21-15-32(16-22(21)14-31)28(35)20-10-24(19-2-3-19)27(29-11-20)37-23-5-7-36-8-6-23/h1,4,9-11,17,19,21-23,34H,2-3,5-8,12-16H2,(H,30,33). The van der Waals surface area contributed by atoms with Crippen LogP contribution in [0.15, 0.2) is 30.5 Å². The highest BCUT2D eigenvalue weighted by Crippen LogP contribution is 2.44. The van der Waals surface area contributed by atoms with E-state index < -0.39 is 0 Å². The zero-order valence-corrected chi connectivity index (χ0v) is 21.0. The van der Waals surface area contributed by atoms with Gasteiger partial charge in [-0.1, -0.05) is 6.07 Å². The van der Waals surface area contributed by atoms with Crippen LogP contribution in [0.3, 0.4) is 0 Å². The molecule has 196 valence electrons. The molecular formula is C28H34N4O5. The molecule has 3 aliphatic heterocycles. The number of likely N-dealkylation sites (tertiary alicyclic amines) is 2. The number of anilines is 1. The molecule has 0 spiro atoms. The number of amides is 2. The lowest BCUT2D eigenvalue weighted by atomic mass is 10.0. The molecule has 9 heteroatoms. The fourth-order valence-electron chi connectivity index (χ4n) is 6.01. The van der Waals surface area contributed by atoms with Crippen molar-refractivity contribution < 1.29 is 24.2 Å². The first-order valence-electron chi connectivity index (χ1n) is 13.4. The van der Waals surface area contributed by atoms with Gasteiger partial charge in [-0.05, 0) is 54.4 Å². The van der Waals surface area contributed by atoms with Gasteiger partial charge in [-0.3, -0.25) is 14.5 Å². The normalized spacial score (nSPS) is 24.2. The van der Waals surface area contributed by atoms with Gasteiger partial charge in [-0.15, -0.1) is 0 Å². The maximum Gasteiger partial charge on any atom is 0.255 e. The second-order valence-electron chi connectivity index (χ2n) is 10.9. The molecule has 9 nitrogen and oxygen atoms in total. The minimum atomic E-state index is 0.0659. The molecule has 2 amide bonds. The number of benzene rings is 1. The average molecular weight is 507 g/mol. The van der Waals surface area contributed by atoms with Crippen molar-refractivity contribution in [2.75, 3.05) is 44.7 Å². The number of phenolic OH excluding ortho intramolecular Hbond substituents is 1. The molecule has 4 aliphatic rings. The highest BCUT2D eigenvalue weighted by Gasteiger charge is 2.42. The third-order valence-corrected chi connectivity index (χ3v) is 8.12. The lowest BCUT2D eigenvalue weighted by molar-refractivity contribution is -0.105. The van der Waals surface area contributed by atoms with E-state index in [4.69, 9.17) is 9.47 Å². The number of ether oxygens (including phenoxy) is 2. The second-order valence-corrected chi connectivity index (χ2v) is 10.9. The molecule has 0 bridgehead atoms. The van der Waals surface area contributed by atoms with E-state index in [9.17, 15) is 14.7 Å². The Balaban J connectivity index is 1.07. The monoisotopic (exact) mass is 506 g/mol. The van der Waals surface area contributed by atoms with Gasteiger partial charge in [0.2, 0.25) is 12.3 Å². The number of carbonyl (C=O) groups is 2. The smallest absolute Gasteiger partial charge is 0.255 e. The van der Waals surface area contributed by atoms with Crippen molar-refractivity contribution in [2.45, 2.75) is 44.2 Å². The van der Waals surface area contributed by atoms with E-state index in [0.29, 0.717) is 41.3 Å². The SMILES string of the molecule is O=CNc1ccc(CN2CC3CN(C(=O)c4cnc(OC5CCOCC5)c(C5CC5)c4)CC3C2)cc1O. The second kappa shape index (κ2) is 10.3. The zero-order valence-electron chi connectivity index (χ0n) is 21.0. The summed E-state index contributed by atoms with van der Waals surface area (Å²) in [6, 6.07) is 7.38. The minimum Gasteiger partial charge on any atom is -0.506 e.